The Labute approximate surface area is 121 Å². The van der Waals surface area contributed by atoms with Crippen LogP contribution in [0.15, 0.2) is 46.9 Å². The number of hydrogen-bond acceptors (Lipinski definition) is 2. The molecule has 0 unspecified atom stereocenters. The van der Waals surface area contributed by atoms with Crippen molar-refractivity contribution in [2.75, 3.05) is 5.32 Å². The first-order chi connectivity index (χ1) is 9.11. The van der Waals surface area contributed by atoms with E-state index in [-0.39, 0.29) is 5.91 Å². The fourth-order valence-corrected chi connectivity index (χ4v) is 2.09. The number of carbonyl (C=O) groups excluding carboxylic acids is 1. The van der Waals surface area contributed by atoms with E-state index in [1.807, 2.05) is 37.3 Å². The largest absolute Gasteiger partial charge is 0.326 e. The monoisotopic (exact) mass is 318 g/mol. The predicted octanol–water partition coefficient (Wildman–Crippen LogP) is 3.47. The van der Waals surface area contributed by atoms with Gasteiger partial charge in [-0.25, -0.2) is 0 Å². The summed E-state index contributed by atoms with van der Waals surface area (Å²) in [5.74, 6) is -0.130. The zero-order chi connectivity index (χ0) is 13.8. The van der Waals surface area contributed by atoms with Gasteiger partial charge in [-0.2, -0.15) is 0 Å². The van der Waals surface area contributed by atoms with Crippen LogP contribution in [-0.4, -0.2) is 5.91 Å². The van der Waals surface area contributed by atoms with Crippen LogP contribution < -0.4 is 11.1 Å². The van der Waals surface area contributed by atoms with Crippen LogP contribution in [0.3, 0.4) is 0 Å². The van der Waals surface area contributed by atoms with Gasteiger partial charge in [0.1, 0.15) is 0 Å². The van der Waals surface area contributed by atoms with Gasteiger partial charge in [-0.15, -0.1) is 0 Å². The molecule has 0 aliphatic rings. The molecular formula is C15H15BrN2O. The minimum atomic E-state index is -0.130. The lowest BCUT2D eigenvalue weighted by Gasteiger charge is -2.09. The fraction of sp³-hybridized carbons (Fsp3) is 0.133. The van der Waals surface area contributed by atoms with E-state index in [1.165, 1.54) is 0 Å². The molecule has 4 heteroatoms. The number of amides is 1. The summed E-state index contributed by atoms with van der Waals surface area (Å²) in [5, 5.41) is 2.89. The van der Waals surface area contributed by atoms with E-state index in [4.69, 9.17) is 5.73 Å². The molecule has 0 spiro atoms. The van der Waals surface area contributed by atoms with Crippen molar-refractivity contribution in [2.45, 2.75) is 13.5 Å². The lowest BCUT2D eigenvalue weighted by Crippen LogP contribution is -2.12. The van der Waals surface area contributed by atoms with E-state index in [0.717, 1.165) is 21.3 Å². The van der Waals surface area contributed by atoms with Gasteiger partial charge < -0.3 is 11.1 Å². The molecule has 0 fully saturated rings. The first-order valence-corrected chi connectivity index (χ1v) is 6.76. The van der Waals surface area contributed by atoms with Crippen LogP contribution >= 0.6 is 15.9 Å². The Morgan fingerprint density at radius 2 is 1.89 bits per heavy atom. The number of benzene rings is 2. The Morgan fingerprint density at radius 3 is 2.53 bits per heavy atom. The second-order valence-electron chi connectivity index (χ2n) is 4.29. The summed E-state index contributed by atoms with van der Waals surface area (Å²) in [6, 6.07) is 13.0. The highest BCUT2D eigenvalue weighted by Crippen LogP contribution is 2.26. The molecule has 0 aliphatic carbocycles. The van der Waals surface area contributed by atoms with E-state index in [1.54, 1.807) is 12.1 Å². The van der Waals surface area contributed by atoms with Crippen molar-refractivity contribution < 1.29 is 4.79 Å². The van der Waals surface area contributed by atoms with Crippen molar-refractivity contribution in [3.8, 4) is 0 Å². The maximum Gasteiger partial charge on any atom is 0.255 e. The average Bonchev–Trinajstić information content (AvgIpc) is 2.44. The van der Waals surface area contributed by atoms with Gasteiger partial charge in [0.05, 0.1) is 5.69 Å². The molecule has 0 atom stereocenters. The van der Waals surface area contributed by atoms with Gasteiger partial charge in [0.25, 0.3) is 5.91 Å². The van der Waals surface area contributed by atoms with Crippen molar-refractivity contribution in [1.29, 1.82) is 0 Å². The number of hydrogen-bond donors (Lipinski definition) is 2. The van der Waals surface area contributed by atoms with Crippen molar-refractivity contribution in [2.24, 2.45) is 5.73 Å². The van der Waals surface area contributed by atoms with E-state index < -0.39 is 0 Å². The SMILES string of the molecule is Cc1cccc(NC(=O)c2ccc(CN)cc2)c1Br. The normalized spacial score (nSPS) is 10.3. The third-order valence-electron chi connectivity index (χ3n) is 2.89. The first-order valence-electron chi connectivity index (χ1n) is 5.97. The van der Waals surface area contributed by atoms with Crippen LogP contribution in [-0.2, 0) is 6.54 Å². The number of aryl methyl sites for hydroxylation is 1. The molecule has 2 aromatic rings. The maximum atomic E-state index is 12.1. The molecule has 0 aromatic heterocycles. The quantitative estimate of drug-likeness (QED) is 0.910. The van der Waals surface area contributed by atoms with E-state index in [9.17, 15) is 4.79 Å². The molecule has 3 N–H and O–H groups in total. The fourth-order valence-electron chi connectivity index (χ4n) is 1.73. The Balaban J connectivity index is 2.18. The third-order valence-corrected chi connectivity index (χ3v) is 3.94. The van der Waals surface area contributed by atoms with Gasteiger partial charge in [-0.1, -0.05) is 24.3 Å². The van der Waals surface area contributed by atoms with Crippen molar-refractivity contribution >= 4 is 27.5 Å². The summed E-state index contributed by atoms with van der Waals surface area (Å²) >= 11 is 3.47. The van der Waals surface area contributed by atoms with Crippen molar-refractivity contribution in [1.82, 2.24) is 0 Å². The smallest absolute Gasteiger partial charge is 0.255 e. The van der Waals surface area contributed by atoms with Gasteiger partial charge in [0, 0.05) is 16.6 Å². The van der Waals surface area contributed by atoms with E-state index >= 15 is 0 Å². The van der Waals surface area contributed by atoms with Crippen molar-refractivity contribution in [3.05, 3.63) is 63.6 Å². The molecule has 2 rings (SSSR count). The standard InChI is InChI=1S/C15H15BrN2O/c1-10-3-2-4-13(14(10)16)18-15(19)12-7-5-11(9-17)6-8-12/h2-8H,9,17H2,1H3,(H,18,19). The number of halogens is 1. The van der Waals surface area contributed by atoms with Gasteiger partial charge >= 0.3 is 0 Å². The molecule has 0 heterocycles. The molecule has 0 aliphatic heterocycles. The molecule has 0 saturated heterocycles. The van der Waals surface area contributed by atoms with E-state index in [0.29, 0.717) is 12.1 Å². The number of nitrogens with one attached hydrogen (secondary N) is 1. The number of anilines is 1. The molecule has 0 radical (unpaired) electrons. The Bertz CT molecular complexity index is 594. The molecule has 19 heavy (non-hydrogen) atoms. The topological polar surface area (TPSA) is 55.1 Å². The molecule has 0 bridgehead atoms. The lowest BCUT2D eigenvalue weighted by atomic mass is 10.1. The predicted molar refractivity (Wildman–Crippen MR) is 81.2 cm³/mol. The van der Waals surface area contributed by atoms with E-state index in [2.05, 4.69) is 21.2 Å². The summed E-state index contributed by atoms with van der Waals surface area (Å²) in [5.41, 5.74) is 9.00. The van der Waals surface area contributed by atoms with Crippen molar-refractivity contribution in [3.63, 3.8) is 0 Å². The third kappa shape index (κ3) is 3.22. The molecule has 3 nitrogen and oxygen atoms in total. The number of carbonyl (C=O) groups is 1. The van der Waals surface area contributed by atoms with Gasteiger partial charge in [-0.3, -0.25) is 4.79 Å². The minimum absolute atomic E-state index is 0.130. The second-order valence-corrected chi connectivity index (χ2v) is 5.08. The Kier molecular flexibility index (Phi) is 4.35. The summed E-state index contributed by atoms with van der Waals surface area (Å²) in [6.07, 6.45) is 0. The lowest BCUT2D eigenvalue weighted by molar-refractivity contribution is 0.102. The van der Waals surface area contributed by atoms with Gasteiger partial charge in [0.2, 0.25) is 0 Å². The summed E-state index contributed by atoms with van der Waals surface area (Å²) in [4.78, 5) is 12.1. The molecule has 0 saturated carbocycles. The highest BCUT2D eigenvalue weighted by molar-refractivity contribution is 9.10. The maximum absolute atomic E-state index is 12.1. The summed E-state index contributed by atoms with van der Waals surface area (Å²) < 4.78 is 0.905. The summed E-state index contributed by atoms with van der Waals surface area (Å²) in [7, 11) is 0. The van der Waals surface area contributed by atoms with Crippen LogP contribution in [0.25, 0.3) is 0 Å². The molecular weight excluding hydrogens is 304 g/mol. The second kappa shape index (κ2) is 5.99. The molecule has 1 amide bonds. The average molecular weight is 319 g/mol. The zero-order valence-corrected chi connectivity index (χ0v) is 12.2. The Morgan fingerprint density at radius 1 is 1.21 bits per heavy atom. The van der Waals surface area contributed by atoms with Crippen LogP contribution in [0.4, 0.5) is 5.69 Å². The summed E-state index contributed by atoms with van der Waals surface area (Å²) in [6.45, 7) is 2.46. The van der Waals surface area contributed by atoms with Crippen LogP contribution in [0.5, 0.6) is 0 Å². The minimum Gasteiger partial charge on any atom is -0.326 e. The highest BCUT2D eigenvalue weighted by atomic mass is 79.9. The van der Waals surface area contributed by atoms with Crippen LogP contribution in [0.2, 0.25) is 0 Å². The highest BCUT2D eigenvalue weighted by Gasteiger charge is 2.09. The molecule has 2 aromatic carbocycles. The Hall–Kier alpha value is -1.65. The number of nitrogens with two attached hydrogens (primary N) is 1. The van der Waals surface area contributed by atoms with Crippen LogP contribution in [0.1, 0.15) is 21.5 Å². The van der Waals surface area contributed by atoms with Gasteiger partial charge in [-0.05, 0) is 52.2 Å². The molecule has 98 valence electrons. The van der Waals surface area contributed by atoms with Gasteiger partial charge in [0.15, 0.2) is 0 Å². The number of rotatable bonds is 3. The first kappa shape index (κ1) is 13.8. The zero-order valence-electron chi connectivity index (χ0n) is 10.6. The van der Waals surface area contributed by atoms with Crippen LogP contribution in [0, 0.1) is 6.92 Å².